The van der Waals surface area contributed by atoms with Crippen LogP contribution in [0.2, 0.25) is 0 Å². The topological polar surface area (TPSA) is 46.6 Å². The van der Waals surface area contributed by atoms with Gasteiger partial charge in [0.05, 0.1) is 5.56 Å². The molecule has 2 rings (SSSR count). The van der Waals surface area contributed by atoms with Gasteiger partial charge in [0.1, 0.15) is 0 Å². The zero-order chi connectivity index (χ0) is 16.7. The molecular formula is C19H19NO3. The van der Waals surface area contributed by atoms with E-state index >= 15 is 0 Å². The lowest BCUT2D eigenvalue weighted by Gasteiger charge is -2.16. The fourth-order valence-corrected chi connectivity index (χ4v) is 2.04. The summed E-state index contributed by atoms with van der Waals surface area (Å²) in [6.45, 7) is 3.99. The standard InChI is InChI=1S/C19H19NO3/c1-15(16-9-5-3-6-10-16)13-14-18(21)20(2)23-19(22)17-11-7-4-8-12-17/h3-12H,1,13-14H2,2H3. The van der Waals surface area contributed by atoms with Crippen molar-refractivity contribution in [3.63, 3.8) is 0 Å². The maximum Gasteiger partial charge on any atom is 0.363 e. The number of carbonyl (C=O) groups is 2. The Labute approximate surface area is 136 Å². The van der Waals surface area contributed by atoms with E-state index in [9.17, 15) is 9.59 Å². The van der Waals surface area contributed by atoms with Gasteiger partial charge in [0, 0.05) is 13.5 Å². The molecule has 0 radical (unpaired) electrons. The monoisotopic (exact) mass is 309 g/mol. The lowest BCUT2D eigenvalue weighted by Crippen LogP contribution is -2.29. The number of benzene rings is 2. The van der Waals surface area contributed by atoms with Crippen molar-refractivity contribution >= 4 is 17.4 Å². The molecule has 0 N–H and O–H groups in total. The van der Waals surface area contributed by atoms with Crippen molar-refractivity contribution < 1.29 is 14.4 Å². The van der Waals surface area contributed by atoms with Gasteiger partial charge in [-0.05, 0) is 29.7 Å². The highest BCUT2D eigenvalue weighted by molar-refractivity contribution is 5.90. The molecule has 0 atom stereocenters. The molecule has 2 aromatic rings. The lowest BCUT2D eigenvalue weighted by atomic mass is 10.0. The molecule has 0 heterocycles. The average molecular weight is 309 g/mol. The predicted octanol–water partition coefficient (Wildman–Crippen LogP) is 3.71. The summed E-state index contributed by atoms with van der Waals surface area (Å²) in [5.74, 6) is -0.824. The zero-order valence-corrected chi connectivity index (χ0v) is 13.1. The van der Waals surface area contributed by atoms with Crippen molar-refractivity contribution in [2.45, 2.75) is 12.8 Å². The van der Waals surface area contributed by atoms with Gasteiger partial charge in [0.25, 0.3) is 5.91 Å². The van der Waals surface area contributed by atoms with Gasteiger partial charge < -0.3 is 4.84 Å². The third-order valence-corrected chi connectivity index (χ3v) is 3.40. The first-order valence-electron chi connectivity index (χ1n) is 7.35. The second-order valence-electron chi connectivity index (χ2n) is 5.11. The third kappa shape index (κ3) is 4.81. The summed E-state index contributed by atoms with van der Waals surface area (Å²) in [7, 11) is 1.44. The van der Waals surface area contributed by atoms with Gasteiger partial charge in [0.15, 0.2) is 0 Å². The van der Waals surface area contributed by atoms with E-state index in [0.29, 0.717) is 12.0 Å². The molecule has 2 aromatic carbocycles. The summed E-state index contributed by atoms with van der Waals surface area (Å²) in [5, 5.41) is 0.980. The van der Waals surface area contributed by atoms with Gasteiger partial charge in [-0.25, -0.2) is 4.79 Å². The van der Waals surface area contributed by atoms with Crippen LogP contribution in [0.3, 0.4) is 0 Å². The molecule has 0 saturated heterocycles. The number of hydrogen-bond donors (Lipinski definition) is 0. The van der Waals surface area contributed by atoms with Crippen LogP contribution in [-0.2, 0) is 9.63 Å². The van der Waals surface area contributed by atoms with Gasteiger partial charge in [0.2, 0.25) is 0 Å². The molecule has 0 saturated carbocycles. The SMILES string of the molecule is C=C(CCC(=O)N(C)OC(=O)c1ccccc1)c1ccccc1. The Morgan fingerprint density at radius 2 is 1.43 bits per heavy atom. The molecule has 0 fully saturated rings. The smallest absolute Gasteiger partial charge is 0.333 e. The fourth-order valence-electron chi connectivity index (χ4n) is 2.04. The number of rotatable bonds is 5. The van der Waals surface area contributed by atoms with Gasteiger partial charge in [-0.3, -0.25) is 4.79 Å². The van der Waals surface area contributed by atoms with Crippen LogP contribution >= 0.6 is 0 Å². The highest BCUT2D eigenvalue weighted by Gasteiger charge is 2.16. The zero-order valence-electron chi connectivity index (χ0n) is 13.1. The third-order valence-electron chi connectivity index (χ3n) is 3.40. The van der Waals surface area contributed by atoms with Gasteiger partial charge in [-0.1, -0.05) is 55.1 Å². The average Bonchev–Trinajstić information content (AvgIpc) is 2.60. The Morgan fingerprint density at radius 3 is 2.00 bits per heavy atom. The summed E-state index contributed by atoms with van der Waals surface area (Å²) in [6.07, 6.45) is 0.738. The molecule has 0 bridgehead atoms. The van der Waals surface area contributed by atoms with Crippen LogP contribution in [0.4, 0.5) is 0 Å². The fraction of sp³-hybridized carbons (Fsp3) is 0.158. The quantitative estimate of drug-likeness (QED) is 0.791. The number of allylic oxidation sites excluding steroid dienone is 1. The first-order chi connectivity index (χ1) is 11.1. The summed E-state index contributed by atoms with van der Waals surface area (Å²) in [4.78, 5) is 29.0. The van der Waals surface area contributed by atoms with E-state index < -0.39 is 5.97 Å². The Balaban J connectivity index is 1.83. The molecule has 0 aliphatic rings. The molecular weight excluding hydrogens is 290 g/mol. The van der Waals surface area contributed by atoms with Crippen LogP contribution in [0.25, 0.3) is 5.57 Å². The van der Waals surface area contributed by atoms with Gasteiger partial charge in [-0.15, -0.1) is 0 Å². The van der Waals surface area contributed by atoms with E-state index in [1.807, 2.05) is 30.3 Å². The maximum absolute atomic E-state index is 12.1. The number of hydrogen-bond acceptors (Lipinski definition) is 3. The Hall–Kier alpha value is -2.88. The first-order valence-corrected chi connectivity index (χ1v) is 7.35. The van der Waals surface area contributed by atoms with Gasteiger partial charge >= 0.3 is 5.97 Å². The molecule has 0 aromatic heterocycles. The second-order valence-corrected chi connectivity index (χ2v) is 5.11. The van der Waals surface area contributed by atoms with Crippen LogP contribution in [0.5, 0.6) is 0 Å². The summed E-state index contributed by atoms with van der Waals surface area (Å²) >= 11 is 0. The van der Waals surface area contributed by atoms with E-state index in [0.717, 1.165) is 16.2 Å². The highest BCUT2D eigenvalue weighted by Crippen LogP contribution is 2.17. The molecule has 1 amide bonds. The molecule has 4 heteroatoms. The number of nitrogens with zero attached hydrogens (tertiary/aromatic N) is 1. The minimum absolute atomic E-state index is 0.228. The molecule has 0 aliphatic carbocycles. The van der Waals surface area contributed by atoms with Gasteiger partial charge in [-0.2, -0.15) is 5.06 Å². The van der Waals surface area contributed by atoms with Crippen LogP contribution in [0.1, 0.15) is 28.8 Å². The molecule has 0 spiro atoms. The second kappa shape index (κ2) is 7.94. The van der Waals surface area contributed by atoms with E-state index in [2.05, 4.69) is 6.58 Å². The number of amides is 1. The Morgan fingerprint density at radius 1 is 0.913 bits per heavy atom. The van der Waals surface area contributed by atoms with Crippen molar-refractivity contribution in [3.8, 4) is 0 Å². The Kier molecular flexibility index (Phi) is 5.69. The largest absolute Gasteiger partial charge is 0.363 e. The molecule has 118 valence electrons. The molecule has 0 unspecified atom stereocenters. The number of carbonyl (C=O) groups excluding carboxylic acids is 2. The van der Waals surface area contributed by atoms with Crippen molar-refractivity contribution in [2.75, 3.05) is 7.05 Å². The van der Waals surface area contributed by atoms with Crippen molar-refractivity contribution in [3.05, 3.63) is 78.4 Å². The molecule has 0 aliphatic heterocycles. The first kappa shape index (κ1) is 16.5. The summed E-state index contributed by atoms with van der Waals surface area (Å²) < 4.78 is 0. The van der Waals surface area contributed by atoms with E-state index in [1.54, 1.807) is 30.3 Å². The van der Waals surface area contributed by atoms with E-state index in [-0.39, 0.29) is 12.3 Å². The molecule has 23 heavy (non-hydrogen) atoms. The summed E-state index contributed by atoms with van der Waals surface area (Å²) in [6, 6.07) is 18.2. The lowest BCUT2D eigenvalue weighted by molar-refractivity contribution is -0.161. The Bertz CT molecular complexity index is 680. The van der Waals surface area contributed by atoms with E-state index in [1.165, 1.54) is 7.05 Å². The maximum atomic E-state index is 12.1. The van der Waals surface area contributed by atoms with Crippen molar-refractivity contribution in [2.24, 2.45) is 0 Å². The minimum atomic E-state index is -0.552. The van der Waals surface area contributed by atoms with Crippen molar-refractivity contribution in [1.82, 2.24) is 5.06 Å². The predicted molar refractivity (Wildman–Crippen MR) is 89.3 cm³/mol. The van der Waals surface area contributed by atoms with Crippen LogP contribution in [0, 0.1) is 0 Å². The van der Waals surface area contributed by atoms with E-state index in [4.69, 9.17) is 4.84 Å². The normalized spacial score (nSPS) is 9.96. The highest BCUT2D eigenvalue weighted by atomic mass is 16.7. The van der Waals surface area contributed by atoms with Crippen molar-refractivity contribution in [1.29, 1.82) is 0 Å². The minimum Gasteiger partial charge on any atom is -0.333 e. The van der Waals surface area contributed by atoms with Crippen LogP contribution < -0.4 is 0 Å². The summed E-state index contributed by atoms with van der Waals surface area (Å²) in [5.41, 5.74) is 2.28. The van der Waals surface area contributed by atoms with Crippen LogP contribution in [-0.4, -0.2) is 24.0 Å². The molecule has 4 nitrogen and oxygen atoms in total. The number of hydroxylamine groups is 2. The van der Waals surface area contributed by atoms with Crippen LogP contribution in [0.15, 0.2) is 67.2 Å².